The summed E-state index contributed by atoms with van der Waals surface area (Å²) in [6.07, 6.45) is 3.75. The molecule has 1 aliphatic heterocycles. The van der Waals surface area contributed by atoms with Crippen molar-refractivity contribution in [3.05, 3.63) is 23.2 Å². The zero-order valence-corrected chi connectivity index (χ0v) is 13.3. The minimum absolute atomic E-state index is 0.275. The molecular formula is C15H17ClN2O2S. The lowest BCUT2D eigenvalue weighted by Crippen LogP contribution is -2.27. The number of carbonyl (C=O) groups excluding carboxylic acids is 1. The summed E-state index contributed by atoms with van der Waals surface area (Å²) in [7, 11) is 0. The SMILES string of the molecule is O=C(CCCSc1nc2cc(Cl)ccc2o1)N1CCCC1. The number of amides is 1. The molecule has 0 saturated carbocycles. The largest absolute Gasteiger partial charge is 0.431 e. The Bertz CT molecular complexity index is 638. The molecular weight excluding hydrogens is 308 g/mol. The van der Waals surface area contributed by atoms with Crippen LogP contribution in [0, 0.1) is 0 Å². The average Bonchev–Trinajstić information content (AvgIpc) is 3.11. The normalized spacial score (nSPS) is 15.0. The first kappa shape index (κ1) is 14.7. The molecule has 4 nitrogen and oxygen atoms in total. The lowest BCUT2D eigenvalue weighted by molar-refractivity contribution is -0.130. The van der Waals surface area contributed by atoms with E-state index >= 15 is 0 Å². The number of hydrogen-bond donors (Lipinski definition) is 0. The van der Waals surface area contributed by atoms with Gasteiger partial charge in [0.15, 0.2) is 5.58 Å². The first-order valence-electron chi connectivity index (χ1n) is 7.19. The standard InChI is InChI=1S/C15H17ClN2O2S/c16-11-5-6-13-12(10-11)17-15(20-13)21-9-3-4-14(19)18-7-1-2-8-18/h5-6,10H,1-4,7-9H2. The summed E-state index contributed by atoms with van der Waals surface area (Å²) >= 11 is 7.47. The summed E-state index contributed by atoms with van der Waals surface area (Å²) in [6, 6.07) is 5.41. The Morgan fingerprint density at radius 2 is 2.19 bits per heavy atom. The Morgan fingerprint density at radius 1 is 1.38 bits per heavy atom. The van der Waals surface area contributed by atoms with Crippen LogP contribution in [0.25, 0.3) is 11.1 Å². The lowest BCUT2D eigenvalue weighted by Gasteiger charge is -2.14. The van der Waals surface area contributed by atoms with Crippen molar-refractivity contribution in [2.24, 2.45) is 0 Å². The first-order valence-corrected chi connectivity index (χ1v) is 8.55. The number of oxazole rings is 1. The maximum absolute atomic E-state index is 11.9. The number of hydrogen-bond acceptors (Lipinski definition) is 4. The fourth-order valence-corrected chi connectivity index (χ4v) is 3.39. The van der Waals surface area contributed by atoms with Gasteiger partial charge in [0, 0.05) is 30.3 Å². The van der Waals surface area contributed by atoms with E-state index in [1.807, 2.05) is 11.0 Å². The first-order chi connectivity index (χ1) is 10.2. The minimum atomic E-state index is 0.275. The van der Waals surface area contributed by atoms with E-state index in [-0.39, 0.29) is 5.91 Å². The molecule has 0 N–H and O–H groups in total. The van der Waals surface area contributed by atoms with Crippen LogP contribution in [-0.2, 0) is 4.79 Å². The predicted octanol–water partition coefficient (Wildman–Crippen LogP) is 3.98. The quantitative estimate of drug-likeness (QED) is 0.616. The molecule has 1 aromatic carbocycles. The summed E-state index contributed by atoms with van der Waals surface area (Å²) in [5.74, 6) is 1.11. The monoisotopic (exact) mass is 324 g/mol. The molecule has 0 spiro atoms. The van der Waals surface area contributed by atoms with Gasteiger partial charge in [-0.15, -0.1) is 0 Å². The summed E-state index contributed by atoms with van der Waals surface area (Å²) < 4.78 is 5.63. The molecule has 1 aromatic heterocycles. The highest BCUT2D eigenvalue weighted by Gasteiger charge is 2.17. The molecule has 1 saturated heterocycles. The van der Waals surface area contributed by atoms with Gasteiger partial charge in [0.1, 0.15) is 5.52 Å². The summed E-state index contributed by atoms with van der Waals surface area (Å²) in [4.78, 5) is 18.2. The molecule has 0 unspecified atom stereocenters. The fraction of sp³-hybridized carbons (Fsp3) is 0.467. The van der Waals surface area contributed by atoms with Crippen LogP contribution in [0.4, 0.5) is 0 Å². The number of carbonyl (C=O) groups is 1. The highest BCUT2D eigenvalue weighted by atomic mass is 35.5. The smallest absolute Gasteiger partial charge is 0.256 e. The van der Waals surface area contributed by atoms with Crippen molar-refractivity contribution < 1.29 is 9.21 Å². The van der Waals surface area contributed by atoms with Gasteiger partial charge in [-0.2, -0.15) is 0 Å². The van der Waals surface area contributed by atoms with Gasteiger partial charge < -0.3 is 9.32 Å². The Morgan fingerprint density at radius 3 is 3.00 bits per heavy atom. The molecule has 0 aliphatic carbocycles. The maximum atomic E-state index is 11.9. The van der Waals surface area contributed by atoms with Gasteiger partial charge in [-0.1, -0.05) is 23.4 Å². The van der Waals surface area contributed by atoms with Crippen LogP contribution in [0.3, 0.4) is 0 Å². The van der Waals surface area contributed by atoms with Crippen LogP contribution in [-0.4, -0.2) is 34.6 Å². The molecule has 2 heterocycles. The maximum Gasteiger partial charge on any atom is 0.256 e. The van der Waals surface area contributed by atoms with Gasteiger partial charge in [-0.25, -0.2) is 4.98 Å². The number of likely N-dealkylation sites (tertiary alicyclic amines) is 1. The fourth-order valence-electron chi connectivity index (χ4n) is 2.45. The van der Waals surface area contributed by atoms with Gasteiger partial charge in [-0.05, 0) is 37.5 Å². The summed E-state index contributed by atoms with van der Waals surface area (Å²) in [5.41, 5.74) is 1.52. The topological polar surface area (TPSA) is 46.3 Å². The molecule has 1 fully saturated rings. The number of benzene rings is 1. The molecule has 0 atom stereocenters. The third-order valence-corrected chi connectivity index (χ3v) is 4.70. The molecule has 0 radical (unpaired) electrons. The third kappa shape index (κ3) is 3.71. The van der Waals surface area contributed by atoms with Crippen molar-refractivity contribution in [1.82, 2.24) is 9.88 Å². The highest BCUT2D eigenvalue weighted by Crippen LogP contribution is 2.26. The molecule has 112 valence electrons. The molecule has 1 amide bonds. The van der Waals surface area contributed by atoms with E-state index in [0.29, 0.717) is 16.7 Å². The number of fused-ring (bicyclic) bond motifs is 1. The van der Waals surface area contributed by atoms with E-state index in [2.05, 4.69) is 4.98 Å². The average molecular weight is 325 g/mol. The van der Waals surface area contributed by atoms with E-state index in [4.69, 9.17) is 16.0 Å². The zero-order chi connectivity index (χ0) is 14.7. The number of thioether (sulfide) groups is 1. The van der Waals surface area contributed by atoms with Gasteiger partial charge in [-0.3, -0.25) is 4.79 Å². The Labute approximate surface area is 132 Å². The molecule has 1 aliphatic rings. The summed E-state index contributed by atoms with van der Waals surface area (Å²) in [5, 5.41) is 1.30. The van der Waals surface area contributed by atoms with E-state index < -0.39 is 0 Å². The number of rotatable bonds is 5. The third-order valence-electron chi connectivity index (χ3n) is 3.55. The van der Waals surface area contributed by atoms with Crippen LogP contribution in [0.1, 0.15) is 25.7 Å². The van der Waals surface area contributed by atoms with E-state index in [1.165, 1.54) is 0 Å². The number of aromatic nitrogens is 1. The van der Waals surface area contributed by atoms with Crippen molar-refractivity contribution in [2.45, 2.75) is 30.9 Å². The molecule has 21 heavy (non-hydrogen) atoms. The van der Waals surface area contributed by atoms with Crippen LogP contribution < -0.4 is 0 Å². The van der Waals surface area contributed by atoms with Crippen LogP contribution in [0.5, 0.6) is 0 Å². The molecule has 2 aromatic rings. The van der Waals surface area contributed by atoms with Crippen LogP contribution in [0.2, 0.25) is 5.02 Å². The van der Waals surface area contributed by atoms with Gasteiger partial charge >= 0.3 is 0 Å². The van der Waals surface area contributed by atoms with E-state index in [0.717, 1.165) is 49.2 Å². The second-order valence-electron chi connectivity index (χ2n) is 5.13. The number of nitrogens with zero attached hydrogens (tertiary/aromatic N) is 2. The number of halogens is 1. The Kier molecular flexibility index (Phi) is 4.70. The Hall–Kier alpha value is -1.20. The predicted molar refractivity (Wildman–Crippen MR) is 84.8 cm³/mol. The van der Waals surface area contributed by atoms with Crippen molar-refractivity contribution in [1.29, 1.82) is 0 Å². The zero-order valence-electron chi connectivity index (χ0n) is 11.7. The van der Waals surface area contributed by atoms with Crippen molar-refractivity contribution >= 4 is 40.4 Å². The second-order valence-corrected chi connectivity index (χ2v) is 6.61. The molecule has 3 rings (SSSR count). The second kappa shape index (κ2) is 6.71. The summed E-state index contributed by atoms with van der Waals surface area (Å²) in [6.45, 7) is 1.86. The molecule has 0 bridgehead atoms. The Balaban J connectivity index is 1.46. The minimum Gasteiger partial charge on any atom is -0.431 e. The van der Waals surface area contributed by atoms with Crippen molar-refractivity contribution in [3.8, 4) is 0 Å². The van der Waals surface area contributed by atoms with E-state index in [9.17, 15) is 4.79 Å². The van der Waals surface area contributed by atoms with E-state index in [1.54, 1.807) is 23.9 Å². The van der Waals surface area contributed by atoms with Crippen molar-refractivity contribution in [2.75, 3.05) is 18.8 Å². The van der Waals surface area contributed by atoms with Crippen molar-refractivity contribution in [3.63, 3.8) is 0 Å². The van der Waals surface area contributed by atoms with Gasteiger partial charge in [0.05, 0.1) is 0 Å². The molecule has 6 heteroatoms. The lowest BCUT2D eigenvalue weighted by atomic mass is 10.3. The van der Waals surface area contributed by atoms with Crippen LogP contribution >= 0.6 is 23.4 Å². The van der Waals surface area contributed by atoms with Crippen LogP contribution in [0.15, 0.2) is 27.8 Å². The van der Waals surface area contributed by atoms with Gasteiger partial charge in [0.25, 0.3) is 5.22 Å². The highest BCUT2D eigenvalue weighted by molar-refractivity contribution is 7.99. The van der Waals surface area contributed by atoms with Gasteiger partial charge in [0.2, 0.25) is 5.91 Å².